The lowest BCUT2D eigenvalue weighted by Gasteiger charge is -2.10. The minimum Gasteiger partial charge on any atom is -0.391 e. The van der Waals surface area contributed by atoms with Crippen LogP contribution >= 0.6 is 0 Å². The first-order chi connectivity index (χ1) is 8.15. The van der Waals surface area contributed by atoms with E-state index in [0.717, 1.165) is 0 Å². The van der Waals surface area contributed by atoms with Crippen molar-refractivity contribution in [2.24, 2.45) is 0 Å². The van der Waals surface area contributed by atoms with Gasteiger partial charge in [-0.25, -0.2) is 4.79 Å². The summed E-state index contributed by atoms with van der Waals surface area (Å²) < 4.78 is 0. The molecule has 1 rings (SSSR count). The summed E-state index contributed by atoms with van der Waals surface area (Å²) in [6.07, 6.45) is 0.0682. The zero-order valence-corrected chi connectivity index (χ0v) is 9.60. The maximum Gasteiger partial charge on any atom is 0.319 e. The van der Waals surface area contributed by atoms with Crippen molar-refractivity contribution in [3.63, 3.8) is 0 Å². The van der Waals surface area contributed by atoms with Crippen LogP contribution in [0.2, 0.25) is 0 Å². The molecule has 0 saturated carbocycles. The van der Waals surface area contributed by atoms with Crippen molar-refractivity contribution in [2.75, 3.05) is 11.9 Å². The highest BCUT2D eigenvalue weighted by Crippen LogP contribution is 2.08. The fraction of sp³-hybridized carbons (Fsp3) is 0.333. The molecule has 0 aliphatic carbocycles. The molecule has 5 nitrogen and oxygen atoms in total. The fourth-order valence-electron chi connectivity index (χ4n) is 1.16. The molecule has 1 aromatic rings. The van der Waals surface area contributed by atoms with Crippen molar-refractivity contribution in [1.29, 1.82) is 5.26 Å². The molecule has 1 unspecified atom stereocenters. The highest BCUT2D eigenvalue weighted by Gasteiger charge is 2.04. The number of urea groups is 1. The highest BCUT2D eigenvalue weighted by molar-refractivity contribution is 5.89. The fourth-order valence-corrected chi connectivity index (χ4v) is 1.16. The molecule has 0 heterocycles. The Morgan fingerprint density at radius 3 is 2.65 bits per heavy atom. The summed E-state index contributed by atoms with van der Waals surface area (Å²) in [6, 6.07) is 8.16. The second-order valence-corrected chi connectivity index (χ2v) is 3.59. The van der Waals surface area contributed by atoms with Crippen molar-refractivity contribution in [3.05, 3.63) is 29.8 Å². The van der Waals surface area contributed by atoms with E-state index in [4.69, 9.17) is 5.26 Å². The average Bonchev–Trinajstić information content (AvgIpc) is 2.36. The molecule has 2 amide bonds. The quantitative estimate of drug-likeness (QED) is 0.735. The van der Waals surface area contributed by atoms with Gasteiger partial charge in [-0.2, -0.15) is 5.26 Å². The van der Waals surface area contributed by atoms with Gasteiger partial charge >= 0.3 is 6.03 Å². The number of amides is 2. The Morgan fingerprint density at radius 2 is 2.12 bits per heavy atom. The van der Waals surface area contributed by atoms with Gasteiger partial charge in [0.1, 0.15) is 0 Å². The first-order valence-electron chi connectivity index (χ1n) is 5.38. The largest absolute Gasteiger partial charge is 0.391 e. The van der Waals surface area contributed by atoms with E-state index in [1.54, 1.807) is 24.3 Å². The van der Waals surface area contributed by atoms with Gasteiger partial charge < -0.3 is 15.7 Å². The van der Waals surface area contributed by atoms with Crippen molar-refractivity contribution in [3.8, 4) is 6.07 Å². The van der Waals surface area contributed by atoms with Gasteiger partial charge in [-0.15, -0.1) is 0 Å². The monoisotopic (exact) mass is 233 g/mol. The van der Waals surface area contributed by atoms with E-state index < -0.39 is 6.10 Å². The summed E-state index contributed by atoms with van der Waals surface area (Å²) in [5, 5.41) is 23.0. The lowest BCUT2D eigenvalue weighted by atomic mass is 10.2. The third-order valence-electron chi connectivity index (χ3n) is 2.24. The standard InChI is InChI=1S/C12H15N3O2/c1-2-11(16)8-14-12(17)15-10-5-3-9(7-13)4-6-10/h3-6,11,16H,2,8H2,1H3,(H2,14,15,17). The third-order valence-corrected chi connectivity index (χ3v) is 2.24. The Morgan fingerprint density at radius 1 is 1.47 bits per heavy atom. The molecular weight excluding hydrogens is 218 g/mol. The average molecular weight is 233 g/mol. The van der Waals surface area contributed by atoms with Crippen molar-refractivity contribution < 1.29 is 9.90 Å². The van der Waals surface area contributed by atoms with E-state index in [2.05, 4.69) is 10.6 Å². The second kappa shape index (κ2) is 6.51. The van der Waals surface area contributed by atoms with Crippen LogP contribution < -0.4 is 10.6 Å². The Hall–Kier alpha value is -2.06. The number of aliphatic hydroxyl groups is 1. The van der Waals surface area contributed by atoms with E-state index in [0.29, 0.717) is 17.7 Å². The van der Waals surface area contributed by atoms with Crippen LogP contribution in [0.4, 0.5) is 10.5 Å². The molecule has 1 aromatic carbocycles. The Kier molecular flexibility index (Phi) is 4.98. The van der Waals surface area contributed by atoms with Crippen molar-refractivity contribution >= 4 is 11.7 Å². The molecule has 0 spiro atoms. The highest BCUT2D eigenvalue weighted by atomic mass is 16.3. The number of hydrogen-bond donors (Lipinski definition) is 3. The van der Waals surface area contributed by atoms with Crippen LogP contribution in [0.1, 0.15) is 18.9 Å². The number of nitrogens with one attached hydrogen (secondary N) is 2. The summed E-state index contributed by atoms with van der Waals surface area (Å²) in [5.74, 6) is 0. The van der Waals surface area contributed by atoms with Crippen LogP contribution in [-0.2, 0) is 0 Å². The van der Waals surface area contributed by atoms with E-state index in [9.17, 15) is 9.90 Å². The van der Waals surface area contributed by atoms with Gasteiger partial charge in [0.15, 0.2) is 0 Å². The van der Waals surface area contributed by atoms with Gasteiger partial charge in [-0.05, 0) is 30.7 Å². The molecule has 5 heteroatoms. The normalized spacial score (nSPS) is 11.4. The molecule has 17 heavy (non-hydrogen) atoms. The molecule has 0 aromatic heterocycles. The number of carbonyl (C=O) groups excluding carboxylic acids is 1. The number of hydrogen-bond acceptors (Lipinski definition) is 3. The van der Waals surface area contributed by atoms with E-state index in [-0.39, 0.29) is 12.6 Å². The van der Waals surface area contributed by atoms with E-state index >= 15 is 0 Å². The van der Waals surface area contributed by atoms with Crippen LogP contribution in [0.15, 0.2) is 24.3 Å². The van der Waals surface area contributed by atoms with Gasteiger partial charge in [-0.1, -0.05) is 6.92 Å². The van der Waals surface area contributed by atoms with Crippen molar-refractivity contribution in [1.82, 2.24) is 5.32 Å². The van der Waals surface area contributed by atoms with Crippen molar-refractivity contribution in [2.45, 2.75) is 19.4 Å². The summed E-state index contributed by atoms with van der Waals surface area (Å²) in [5.41, 5.74) is 1.14. The number of carbonyl (C=O) groups is 1. The predicted octanol–water partition coefficient (Wildman–Crippen LogP) is 1.45. The van der Waals surface area contributed by atoms with Gasteiger partial charge in [0, 0.05) is 12.2 Å². The molecule has 0 bridgehead atoms. The molecule has 1 atom stereocenters. The van der Waals surface area contributed by atoms with E-state index in [1.165, 1.54) is 0 Å². The minimum absolute atomic E-state index is 0.221. The molecule has 90 valence electrons. The summed E-state index contributed by atoms with van der Waals surface area (Å²) >= 11 is 0. The molecular formula is C12H15N3O2. The third kappa shape index (κ3) is 4.53. The lowest BCUT2D eigenvalue weighted by molar-refractivity contribution is 0.168. The first kappa shape index (κ1) is 13.0. The molecule has 0 aliphatic heterocycles. The smallest absolute Gasteiger partial charge is 0.319 e. The predicted molar refractivity (Wildman–Crippen MR) is 64.5 cm³/mol. The van der Waals surface area contributed by atoms with Gasteiger partial charge in [0.2, 0.25) is 0 Å². The minimum atomic E-state index is -0.526. The molecule has 0 radical (unpaired) electrons. The maximum absolute atomic E-state index is 11.4. The molecule has 0 fully saturated rings. The number of aliphatic hydroxyl groups excluding tert-OH is 1. The SMILES string of the molecule is CCC(O)CNC(=O)Nc1ccc(C#N)cc1. The van der Waals surface area contributed by atoms with Crippen LogP contribution in [0.25, 0.3) is 0 Å². The topological polar surface area (TPSA) is 85.2 Å². The molecule has 0 aliphatic rings. The van der Waals surface area contributed by atoms with E-state index in [1.807, 2.05) is 13.0 Å². The number of rotatable bonds is 4. The number of benzene rings is 1. The van der Waals surface area contributed by atoms with Crippen LogP contribution in [-0.4, -0.2) is 23.8 Å². The lowest BCUT2D eigenvalue weighted by Crippen LogP contribution is -2.34. The number of anilines is 1. The summed E-state index contributed by atoms with van der Waals surface area (Å²) in [6.45, 7) is 2.06. The zero-order valence-electron chi connectivity index (χ0n) is 9.60. The van der Waals surface area contributed by atoms with Gasteiger partial charge in [0.05, 0.1) is 17.7 Å². The molecule has 3 N–H and O–H groups in total. The first-order valence-corrected chi connectivity index (χ1v) is 5.38. The van der Waals surface area contributed by atoms with Crippen LogP contribution in [0.3, 0.4) is 0 Å². The number of nitrogens with zero attached hydrogens (tertiary/aromatic N) is 1. The number of nitriles is 1. The summed E-state index contributed by atoms with van der Waals surface area (Å²) in [7, 11) is 0. The van der Waals surface area contributed by atoms with Crippen LogP contribution in [0.5, 0.6) is 0 Å². The molecule has 0 saturated heterocycles. The Balaban J connectivity index is 2.43. The Bertz CT molecular complexity index is 409. The Labute approximate surface area is 100 Å². The summed E-state index contributed by atoms with van der Waals surface area (Å²) in [4.78, 5) is 11.4. The van der Waals surface area contributed by atoms with Gasteiger partial charge in [0.25, 0.3) is 0 Å². The maximum atomic E-state index is 11.4. The second-order valence-electron chi connectivity index (χ2n) is 3.59. The van der Waals surface area contributed by atoms with Gasteiger partial charge in [-0.3, -0.25) is 0 Å². The zero-order chi connectivity index (χ0) is 12.7. The van der Waals surface area contributed by atoms with Crippen LogP contribution in [0, 0.1) is 11.3 Å².